The normalized spacial score (nSPS) is 15.2. The number of hydrogen-bond acceptors (Lipinski definition) is 2. The van der Waals surface area contributed by atoms with E-state index in [-0.39, 0.29) is 0 Å². The van der Waals surface area contributed by atoms with Crippen LogP contribution in [-0.2, 0) is 0 Å². The number of hydrogen-bond donors (Lipinski definition) is 1. The van der Waals surface area contributed by atoms with E-state index in [0.29, 0.717) is 17.3 Å². The summed E-state index contributed by atoms with van der Waals surface area (Å²) >= 11 is 5.86. The van der Waals surface area contributed by atoms with Crippen LogP contribution in [0.15, 0.2) is 29.8 Å². The SMILES string of the molecule is C=C1CC(N)=Nc2ccc(Cl)cc21. The Morgan fingerprint density at radius 2 is 2.23 bits per heavy atom. The number of halogens is 1. The molecule has 2 N–H and O–H groups in total. The van der Waals surface area contributed by atoms with Crippen molar-refractivity contribution in [2.75, 3.05) is 0 Å². The molecular formula is C10H9ClN2. The highest BCUT2D eigenvalue weighted by Crippen LogP contribution is 2.33. The van der Waals surface area contributed by atoms with Gasteiger partial charge in [0.1, 0.15) is 5.84 Å². The fourth-order valence-electron chi connectivity index (χ4n) is 1.40. The van der Waals surface area contributed by atoms with Gasteiger partial charge in [0.2, 0.25) is 0 Å². The van der Waals surface area contributed by atoms with Gasteiger partial charge in [-0.3, -0.25) is 0 Å². The highest BCUT2D eigenvalue weighted by atomic mass is 35.5. The second-order valence-electron chi connectivity index (χ2n) is 3.04. The first-order chi connectivity index (χ1) is 6.16. The van der Waals surface area contributed by atoms with Crippen molar-refractivity contribution in [1.29, 1.82) is 0 Å². The van der Waals surface area contributed by atoms with Crippen LogP contribution in [0.3, 0.4) is 0 Å². The number of benzene rings is 1. The summed E-state index contributed by atoms with van der Waals surface area (Å²) in [6.45, 7) is 3.93. The second-order valence-corrected chi connectivity index (χ2v) is 3.48. The molecule has 0 aliphatic carbocycles. The Bertz CT molecular complexity index is 407. The molecule has 0 amide bonds. The average molecular weight is 193 g/mol. The van der Waals surface area contributed by atoms with Crippen molar-refractivity contribution in [3.63, 3.8) is 0 Å². The van der Waals surface area contributed by atoms with E-state index < -0.39 is 0 Å². The Morgan fingerprint density at radius 3 is 3.00 bits per heavy atom. The monoisotopic (exact) mass is 192 g/mol. The minimum absolute atomic E-state index is 0.611. The summed E-state index contributed by atoms with van der Waals surface area (Å²) < 4.78 is 0. The van der Waals surface area contributed by atoms with E-state index in [0.717, 1.165) is 16.8 Å². The van der Waals surface area contributed by atoms with Crippen LogP contribution < -0.4 is 5.73 Å². The van der Waals surface area contributed by atoms with Gasteiger partial charge in [0.05, 0.1) is 5.69 Å². The Labute approximate surface area is 81.7 Å². The maximum absolute atomic E-state index is 5.86. The topological polar surface area (TPSA) is 38.4 Å². The van der Waals surface area contributed by atoms with Crippen molar-refractivity contribution in [3.05, 3.63) is 35.4 Å². The number of aliphatic imine (C=N–C) groups is 1. The summed E-state index contributed by atoms with van der Waals surface area (Å²) in [5.41, 5.74) is 8.47. The molecule has 3 heteroatoms. The van der Waals surface area contributed by atoms with Gasteiger partial charge in [-0.05, 0) is 23.8 Å². The largest absolute Gasteiger partial charge is 0.387 e. The molecule has 0 saturated heterocycles. The van der Waals surface area contributed by atoms with E-state index in [1.165, 1.54) is 0 Å². The third-order valence-corrected chi connectivity index (χ3v) is 2.23. The van der Waals surface area contributed by atoms with E-state index in [9.17, 15) is 0 Å². The molecule has 0 unspecified atom stereocenters. The van der Waals surface area contributed by atoms with Gasteiger partial charge >= 0.3 is 0 Å². The number of nitrogens with two attached hydrogens (primary N) is 1. The first-order valence-corrected chi connectivity index (χ1v) is 4.35. The molecule has 1 heterocycles. The number of nitrogens with zero attached hydrogens (tertiary/aromatic N) is 1. The molecule has 1 aliphatic heterocycles. The molecule has 0 fully saturated rings. The van der Waals surface area contributed by atoms with Gasteiger partial charge in [0.25, 0.3) is 0 Å². The van der Waals surface area contributed by atoms with E-state index >= 15 is 0 Å². The van der Waals surface area contributed by atoms with Crippen LogP contribution in [0.25, 0.3) is 5.57 Å². The molecule has 66 valence electrons. The van der Waals surface area contributed by atoms with Crippen LogP contribution in [-0.4, -0.2) is 5.84 Å². The Hall–Kier alpha value is -1.28. The lowest BCUT2D eigenvalue weighted by Gasteiger charge is -2.15. The molecule has 2 nitrogen and oxygen atoms in total. The predicted molar refractivity (Wildman–Crippen MR) is 56.4 cm³/mol. The fraction of sp³-hybridized carbons (Fsp3) is 0.100. The first-order valence-electron chi connectivity index (χ1n) is 3.97. The van der Waals surface area contributed by atoms with Gasteiger partial charge in [-0.1, -0.05) is 18.2 Å². The van der Waals surface area contributed by atoms with Crippen LogP contribution in [0.1, 0.15) is 12.0 Å². The molecule has 13 heavy (non-hydrogen) atoms. The number of amidine groups is 1. The van der Waals surface area contributed by atoms with Gasteiger partial charge in [-0.25, -0.2) is 4.99 Å². The minimum Gasteiger partial charge on any atom is -0.387 e. The standard InChI is InChI=1S/C10H9ClN2/c1-6-4-10(12)13-9-3-2-7(11)5-8(6)9/h2-3,5H,1,4H2,(H2,12,13). The lowest BCUT2D eigenvalue weighted by atomic mass is 9.99. The van der Waals surface area contributed by atoms with Crippen LogP contribution in [0, 0.1) is 0 Å². The van der Waals surface area contributed by atoms with E-state index in [4.69, 9.17) is 17.3 Å². The molecule has 1 aliphatic rings. The van der Waals surface area contributed by atoms with Crippen molar-refractivity contribution >= 4 is 28.7 Å². The Morgan fingerprint density at radius 1 is 1.46 bits per heavy atom. The summed E-state index contributed by atoms with van der Waals surface area (Å²) in [5, 5.41) is 0.704. The van der Waals surface area contributed by atoms with Crippen LogP contribution in [0.5, 0.6) is 0 Å². The molecule has 0 spiro atoms. The third-order valence-electron chi connectivity index (χ3n) is 2.00. The van der Waals surface area contributed by atoms with Crippen LogP contribution in [0.4, 0.5) is 5.69 Å². The number of rotatable bonds is 0. The molecular weight excluding hydrogens is 184 g/mol. The van der Waals surface area contributed by atoms with E-state index in [1.807, 2.05) is 12.1 Å². The summed E-state index contributed by atoms with van der Waals surface area (Å²) in [5.74, 6) is 0.611. The van der Waals surface area contributed by atoms with Gasteiger partial charge < -0.3 is 5.73 Å². The first kappa shape index (κ1) is 8.32. The minimum atomic E-state index is 0.611. The van der Waals surface area contributed by atoms with Gasteiger partial charge in [0, 0.05) is 17.0 Å². The van der Waals surface area contributed by atoms with Crippen LogP contribution >= 0.6 is 11.6 Å². The van der Waals surface area contributed by atoms with E-state index in [2.05, 4.69) is 11.6 Å². The van der Waals surface area contributed by atoms with Crippen molar-refractivity contribution in [2.24, 2.45) is 10.7 Å². The molecule has 1 aromatic rings. The maximum atomic E-state index is 5.86. The summed E-state index contributed by atoms with van der Waals surface area (Å²) in [6.07, 6.45) is 0.632. The van der Waals surface area contributed by atoms with Crippen molar-refractivity contribution in [3.8, 4) is 0 Å². The highest BCUT2D eigenvalue weighted by Gasteiger charge is 2.13. The summed E-state index contributed by atoms with van der Waals surface area (Å²) in [6, 6.07) is 5.53. The maximum Gasteiger partial charge on any atom is 0.104 e. The molecule has 0 bridgehead atoms. The smallest absolute Gasteiger partial charge is 0.104 e. The molecule has 0 radical (unpaired) electrons. The van der Waals surface area contributed by atoms with Gasteiger partial charge in [-0.15, -0.1) is 0 Å². The second kappa shape index (κ2) is 2.89. The van der Waals surface area contributed by atoms with E-state index in [1.54, 1.807) is 6.07 Å². The molecule has 2 rings (SSSR count). The average Bonchev–Trinajstić information content (AvgIpc) is 2.06. The highest BCUT2D eigenvalue weighted by molar-refractivity contribution is 6.31. The predicted octanol–water partition coefficient (Wildman–Crippen LogP) is 2.75. The fourth-order valence-corrected chi connectivity index (χ4v) is 1.57. The quantitative estimate of drug-likeness (QED) is 0.675. The van der Waals surface area contributed by atoms with Gasteiger partial charge in [0.15, 0.2) is 0 Å². The third kappa shape index (κ3) is 1.45. The summed E-state index contributed by atoms with van der Waals surface area (Å²) in [7, 11) is 0. The zero-order valence-corrected chi connectivity index (χ0v) is 7.80. The van der Waals surface area contributed by atoms with Crippen molar-refractivity contribution < 1.29 is 0 Å². The Balaban J connectivity index is 2.63. The van der Waals surface area contributed by atoms with Gasteiger partial charge in [-0.2, -0.15) is 0 Å². The lowest BCUT2D eigenvalue weighted by Crippen LogP contribution is -2.14. The Kier molecular flexibility index (Phi) is 1.85. The number of fused-ring (bicyclic) bond motifs is 1. The molecule has 0 atom stereocenters. The lowest BCUT2D eigenvalue weighted by molar-refractivity contribution is 1.30. The zero-order chi connectivity index (χ0) is 9.42. The molecule has 0 saturated carbocycles. The van der Waals surface area contributed by atoms with Crippen LogP contribution in [0.2, 0.25) is 5.02 Å². The molecule has 0 aromatic heterocycles. The van der Waals surface area contributed by atoms with Crippen molar-refractivity contribution in [1.82, 2.24) is 0 Å². The van der Waals surface area contributed by atoms with Crippen molar-refractivity contribution in [2.45, 2.75) is 6.42 Å². The zero-order valence-electron chi connectivity index (χ0n) is 7.05. The summed E-state index contributed by atoms with van der Waals surface area (Å²) in [4.78, 5) is 4.21. The molecule has 1 aromatic carbocycles.